The van der Waals surface area contributed by atoms with Gasteiger partial charge in [-0.15, -0.1) is 0 Å². The zero-order valence-corrected chi connectivity index (χ0v) is 21.5. The van der Waals surface area contributed by atoms with Crippen LogP contribution in [0.4, 0.5) is 5.82 Å². The molecule has 0 bridgehead atoms. The summed E-state index contributed by atoms with van der Waals surface area (Å²) in [6.07, 6.45) is 6.39. The molecule has 2 aromatic carbocycles. The van der Waals surface area contributed by atoms with E-state index >= 15 is 0 Å². The molecule has 2 atom stereocenters. The Morgan fingerprint density at radius 1 is 1.13 bits per heavy atom. The zero-order valence-electron chi connectivity index (χ0n) is 21.5. The molecule has 0 saturated carbocycles. The summed E-state index contributed by atoms with van der Waals surface area (Å²) in [5.41, 5.74) is 8.62. The van der Waals surface area contributed by atoms with Crippen LogP contribution in [0, 0.1) is 0 Å². The van der Waals surface area contributed by atoms with Gasteiger partial charge in [0.2, 0.25) is 5.91 Å². The number of hydrogen-bond donors (Lipinski definition) is 3. The molecular formula is C28H32N8O2. The van der Waals surface area contributed by atoms with Gasteiger partial charge in [0, 0.05) is 24.7 Å². The molecule has 4 N–H and O–H groups in total. The average Bonchev–Trinajstić information content (AvgIpc) is 3.31. The van der Waals surface area contributed by atoms with Crippen molar-refractivity contribution in [1.82, 2.24) is 35.3 Å². The summed E-state index contributed by atoms with van der Waals surface area (Å²) in [6.45, 7) is 1.35. The predicted molar refractivity (Wildman–Crippen MR) is 148 cm³/mol. The van der Waals surface area contributed by atoms with Gasteiger partial charge in [0.25, 0.3) is 0 Å². The molecular weight excluding hydrogens is 480 g/mol. The van der Waals surface area contributed by atoms with Crippen molar-refractivity contribution in [2.75, 3.05) is 32.9 Å². The van der Waals surface area contributed by atoms with Crippen LogP contribution in [0.5, 0.6) is 11.5 Å². The smallest absolute Gasteiger partial charge is 0.244 e. The van der Waals surface area contributed by atoms with E-state index < -0.39 is 0 Å². The van der Waals surface area contributed by atoms with E-state index in [1.165, 1.54) is 6.33 Å². The number of rotatable bonds is 8. The quantitative estimate of drug-likeness (QED) is 0.307. The number of aromatic nitrogens is 4. The van der Waals surface area contributed by atoms with Gasteiger partial charge < -0.3 is 20.7 Å². The van der Waals surface area contributed by atoms with Crippen LogP contribution in [0.15, 0.2) is 73.1 Å². The van der Waals surface area contributed by atoms with Gasteiger partial charge in [0.05, 0.1) is 17.6 Å². The van der Waals surface area contributed by atoms with Crippen molar-refractivity contribution in [3.8, 4) is 22.8 Å². The third kappa shape index (κ3) is 5.82. The Labute approximate surface area is 221 Å². The maximum atomic E-state index is 12.2. The topological polar surface area (TPSA) is 123 Å². The summed E-state index contributed by atoms with van der Waals surface area (Å²) in [5.74, 6) is 1.79. The SMILES string of the molecule is CN(C)CC=CC(=O)N[C@H]1CC[C@@H](n2nc(-c3ccc(Oc4ccccc4)cc3)c3c(N)ncnc32)CN1. The van der Waals surface area contributed by atoms with Gasteiger partial charge >= 0.3 is 0 Å². The van der Waals surface area contributed by atoms with Crippen LogP contribution >= 0.6 is 0 Å². The van der Waals surface area contributed by atoms with Crippen LogP contribution in [0.3, 0.4) is 0 Å². The number of anilines is 1. The largest absolute Gasteiger partial charge is 0.457 e. The monoisotopic (exact) mass is 512 g/mol. The number of ether oxygens (including phenoxy) is 1. The molecule has 1 amide bonds. The molecule has 4 aromatic rings. The third-order valence-electron chi connectivity index (χ3n) is 6.42. The molecule has 0 spiro atoms. The number of benzene rings is 2. The van der Waals surface area contributed by atoms with E-state index in [2.05, 4.69) is 20.6 Å². The standard InChI is InChI=1S/C28H32N8O2/c1-35(2)16-6-9-24(37)33-23-15-12-20(17-30-23)36-28-25(27(29)31-18-32-28)26(34-36)19-10-13-22(14-11-19)38-21-7-4-3-5-8-21/h3-11,13-14,18,20,23,30H,12,15-17H2,1-2H3,(H,33,37)(H2,29,31,32)/t20-,23+/m1/s1. The van der Waals surface area contributed by atoms with E-state index in [1.54, 1.807) is 6.08 Å². The van der Waals surface area contributed by atoms with Crippen LogP contribution < -0.4 is 21.1 Å². The minimum atomic E-state index is -0.102. The molecule has 1 fully saturated rings. The highest BCUT2D eigenvalue weighted by Crippen LogP contribution is 2.34. The molecule has 0 unspecified atom stereocenters. The first-order valence-electron chi connectivity index (χ1n) is 12.6. The van der Waals surface area contributed by atoms with Crippen LogP contribution in [0.25, 0.3) is 22.3 Å². The first kappa shape index (κ1) is 25.4. The number of hydrogen-bond acceptors (Lipinski definition) is 8. The fourth-order valence-electron chi connectivity index (χ4n) is 4.52. The first-order valence-corrected chi connectivity index (χ1v) is 12.6. The highest BCUT2D eigenvalue weighted by Gasteiger charge is 2.27. The number of likely N-dealkylation sites (N-methyl/N-ethyl adjacent to an activating group) is 1. The molecule has 2 aromatic heterocycles. The van der Waals surface area contributed by atoms with Gasteiger partial charge in [0.15, 0.2) is 5.65 Å². The van der Waals surface area contributed by atoms with Gasteiger partial charge in [-0.1, -0.05) is 24.3 Å². The van der Waals surface area contributed by atoms with E-state index in [4.69, 9.17) is 15.6 Å². The fraction of sp³-hybridized carbons (Fsp3) is 0.286. The number of nitrogens with two attached hydrogens (primary N) is 1. The fourth-order valence-corrected chi connectivity index (χ4v) is 4.52. The van der Waals surface area contributed by atoms with Crippen molar-refractivity contribution in [1.29, 1.82) is 0 Å². The molecule has 38 heavy (non-hydrogen) atoms. The van der Waals surface area contributed by atoms with Crippen molar-refractivity contribution in [3.63, 3.8) is 0 Å². The molecule has 0 aliphatic carbocycles. The molecule has 5 rings (SSSR count). The van der Waals surface area contributed by atoms with Crippen molar-refractivity contribution >= 4 is 22.8 Å². The van der Waals surface area contributed by atoms with Gasteiger partial charge in [0.1, 0.15) is 29.3 Å². The number of fused-ring (bicyclic) bond motifs is 1. The van der Waals surface area contributed by atoms with Gasteiger partial charge in [-0.25, -0.2) is 14.6 Å². The van der Waals surface area contributed by atoms with Gasteiger partial charge in [-0.3, -0.25) is 10.1 Å². The molecule has 0 radical (unpaired) electrons. The van der Waals surface area contributed by atoms with Crippen molar-refractivity contribution in [3.05, 3.63) is 73.1 Å². The van der Waals surface area contributed by atoms with E-state index in [-0.39, 0.29) is 18.1 Å². The van der Waals surface area contributed by atoms with E-state index in [9.17, 15) is 4.79 Å². The highest BCUT2D eigenvalue weighted by atomic mass is 16.5. The van der Waals surface area contributed by atoms with Crippen LogP contribution in [-0.4, -0.2) is 63.9 Å². The number of para-hydroxylation sites is 1. The second-order valence-electron chi connectivity index (χ2n) is 9.56. The summed E-state index contributed by atoms with van der Waals surface area (Å²) in [7, 11) is 3.92. The molecule has 10 nitrogen and oxygen atoms in total. The van der Waals surface area contributed by atoms with Gasteiger partial charge in [-0.2, -0.15) is 5.10 Å². The third-order valence-corrected chi connectivity index (χ3v) is 6.42. The summed E-state index contributed by atoms with van der Waals surface area (Å²) in [4.78, 5) is 23.0. The zero-order chi connectivity index (χ0) is 26.5. The van der Waals surface area contributed by atoms with E-state index in [0.717, 1.165) is 47.5 Å². The number of carbonyl (C=O) groups excluding carboxylic acids is 1. The van der Waals surface area contributed by atoms with Crippen LogP contribution in [0.2, 0.25) is 0 Å². The maximum absolute atomic E-state index is 12.2. The average molecular weight is 513 g/mol. The molecule has 196 valence electrons. The molecule has 1 saturated heterocycles. The first-order chi connectivity index (χ1) is 18.5. The molecule has 3 heterocycles. The van der Waals surface area contributed by atoms with Crippen molar-refractivity contribution in [2.45, 2.75) is 25.0 Å². The molecule has 1 aliphatic rings. The molecule has 10 heteroatoms. The predicted octanol–water partition coefficient (Wildman–Crippen LogP) is 3.35. The summed E-state index contributed by atoms with van der Waals surface area (Å²) in [5, 5.41) is 12.1. The normalized spacial score (nSPS) is 17.8. The van der Waals surface area contributed by atoms with Crippen molar-refractivity contribution in [2.24, 2.45) is 0 Å². The summed E-state index contributed by atoms with van der Waals surface area (Å²) in [6, 6.07) is 17.5. The van der Waals surface area contributed by atoms with Crippen LogP contribution in [0.1, 0.15) is 18.9 Å². The Morgan fingerprint density at radius 2 is 1.89 bits per heavy atom. The van der Waals surface area contributed by atoms with E-state index in [1.807, 2.05) is 84.4 Å². The lowest BCUT2D eigenvalue weighted by Gasteiger charge is -2.30. The maximum Gasteiger partial charge on any atom is 0.244 e. The second-order valence-corrected chi connectivity index (χ2v) is 9.56. The summed E-state index contributed by atoms with van der Waals surface area (Å²) >= 11 is 0. The number of amides is 1. The number of nitrogens with one attached hydrogen (secondary N) is 2. The Morgan fingerprint density at radius 3 is 2.61 bits per heavy atom. The lowest BCUT2D eigenvalue weighted by Crippen LogP contribution is -2.50. The minimum absolute atomic E-state index is 0.0543. The Hall–Kier alpha value is -4.28. The Kier molecular flexibility index (Phi) is 7.62. The van der Waals surface area contributed by atoms with E-state index in [0.29, 0.717) is 18.0 Å². The minimum Gasteiger partial charge on any atom is -0.457 e. The summed E-state index contributed by atoms with van der Waals surface area (Å²) < 4.78 is 7.86. The number of carbonyl (C=O) groups is 1. The lowest BCUT2D eigenvalue weighted by molar-refractivity contribution is -0.117. The number of piperidine rings is 1. The van der Waals surface area contributed by atoms with Crippen LogP contribution in [-0.2, 0) is 4.79 Å². The lowest BCUT2D eigenvalue weighted by atomic mass is 10.1. The Bertz CT molecular complexity index is 1410. The van der Waals surface area contributed by atoms with Gasteiger partial charge in [-0.05, 0) is 63.3 Å². The van der Waals surface area contributed by atoms with Crippen molar-refractivity contribution < 1.29 is 9.53 Å². The Balaban J connectivity index is 1.32. The number of nitrogens with zero attached hydrogens (tertiary/aromatic N) is 5. The second kappa shape index (κ2) is 11.4. The highest BCUT2D eigenvalue weighted by molar-refractivity contribution is 5.98. The molecule has 1 aliphatic heterocycles. The number of nitrogen functional groups attached to an aromatic ring is 1.